The number of aliphatic hydroxyl groups is 3. The largest absolute Gasteiger partial charge is 0.508 e. The average molecular weight is 426 g/mol. The van der Waals surface area contributed by atoms with Gasteiger partial charge in [-0.1, -0.05) is 96.8 Å². The monoisotopic (exact) mass is 425 g/mol. The molecule has 0 aromatic carbocycles. The third-order valence-corrected chi connectivity index (χ3v) is 5.34. The highest BCUT2D eigenvalue weighted by molar-refractivity contribution is 5.25. The summed E-state index contributed by atoms with van der Waals surface area (Å²) in [5.41, 5.74) is 0.897. The number of rotatable bonds is 21. The molecule has 0 heterocycles. The molecule has 0 amide bonds. The highest BCUT2D eigenvalue weighted by atomic mass is 16.3. The topological polar surface area (TPSA) is 72.7 Å². The minimum absolute atomic E-state index is 0.193. The number of aliphatic hydroxyl groups excluding tert-OH is 3. The van der Waals surface area contributed by atoms with E-state index >= 15 is 0 Å². The summed E-state index contributed by atoms with van der Waals surface area (Å²) in [6.45, 7) is 11.4. The van der Waals surface area contributed by atoms with Crippen LogP contribution < -0.4 is 5.32 Å². The van der Waals surface area contributed by atoms with Gasteiger partial charge < -0.3 is 20.6 Å². The summed E-state index contributed by atoms with van der Waals surface area (Å²) < 4.78 is 0. The van der Waals surface area contributed by atoms with Crippen molar-refractivity contribution in [3.05, 3.63) is 36.6 Å². The maximum Gasteiger partial charge on any atom is 0.118 e. The van der Waals surface area contributed by atoms with Gasteiger partial charge >= 0.3 is 0 Å². The van der Waals surface area contributed by atoms with Crippen LogP contribution in [0, 0.1) is 0 Å². The van der Waals surface area contributed by atoms with Gasteiger partial charge in [-0.3, -0.25) is 0 Å². The van der Waals surface area contributed by atoms with Crippen LogP contribution in [-0.4, -0.2) is 41.6 Å². The van der Waals surface area contributed by atoms with Crippen molar-refractivity contribution in [3.63, 3.8) is 0 Å². The molecule has 4 N–H and O–H groups in total. The molecular formula is C26H51NO3. The summed E-state index contributed by atoms with van der Waals surface area (Å²) in [6.07, 6.45) is 21.1. The van der Waals surface area contributed by atoms with E-state index in [-0.39, 0.29) is 11.9 Å². The van der Waals surface area contributed by atoms with Gasteiger partial charge in [-0.2, -0.15) is 0 Å². The first-order valence-electron chi connectivity index (χ1n) is 12.2. The summed E-state index contributed by atoms with van der Waals surface area (Å²) in [5, 5.41) is 30.1. The van der Waals surface area contributed by atoms with Crippen molar-refractivity contribution in [2.75, 3.05) is 20.2 Å². The van der Waals surface area contributed by atoms with Crippen LogP contribution in [0.1, 0.15) is 103 Å². The summed E-state index contributed by atoms with van der Waals surface area (Å²) in [4.78, 5) is 0. The van der Waals surface area contributed by atoms with E-state index in [0.717, 1.165) is 51.5 Å². The van der Waals surface area contributed by atoms with Gasteiger partial charge in [0.2, 0.25) is 0 Å². The average Bonchev–Trinajstić information content (AvgIpc) is 2.77. The summed E-state index contributed by atoms with van der Waals surface area (Å²) in [6, 6.07) is 0. The van der Waals surface area contributed by atoms with E-state index in [4.69, 9.17) is 5.11 Å². The molecule has 0 rings (SSSR count). The molecule has 1 unspecified atom stereocenters. The number of unbranched alkanes of at least 4 members (excludes halogenated alkanes) is 11. The lowest BCUT2D eigenvalue weighted by Gasteiger charge is -2.11. The lowest BCUT2D eigenvalue weighted by molar-refractivity contribution is 0.158. The first-order chi connectivity index (χ1) is 14.7. The zero-order chi connectivity index (χ0) is 22.9. The fraction of sp³-hybridized carbons (Fsp3) is 0.769. The lowest BCUT2D eigenvalue weighted by Crippen LogP contribution is -2.27. The predicted octanol–water partition coefficient (Wildman–Crippen LogP) is 6.60. The van der Waals surface area contributed by atoms with Crippen LogP contribution in [0.4, 0.5) is 0 Å². The summed E-state index contributed by atoms with van der Waals surface area (Å²) in [7, 11) is 1.00. The zero-order valence-corrected chi connectivity index (χ0v) is 20.0. The van der Waals surface area contributed by atoms with Gasteiger partial charge in [0.15, 0.2) is 0 Å². The number of hydrogen-bond acceptors (Lipinski definition) is 4. The van der Waals surface area contributed by atoms with Crippen molar-refractivity contribution < 1.29 is 15.3 Å². The van der Waals surface area contributed by atoms with E-state index in [2.05, 4.69) is 25.4 Å². The van der Waals surface area contributed by atoms with Crippen molar-refractivity contribution >= 4 is 0 Å². The molecule has 0 saturated carbocycles. The Labute approximate surface area is 187 Å². The Hall–Kier alpha value is -1.10. The molecule has 0 radical (unpaired) electrons. The molecule has 4 heteroatoms. The number of hydrogen-bond donors (Lipinski definition) is 4. The smallest absolute Gasteiger partial charge is 0.118 e. The number of nitrogens with one attached hydrogen (secondary N) is 1. The van der Waals surface area contributed by atoms with Crippen molar-refractivity contribution in [2.24, 2.45) is 0 Å². The second kappa shape index (κ2) is 25.9. The quantitative estimate of drug-likeness (QED) is 0.0949. The van der Waals surface area contributed by atoms with Crippen molar-refractivity contribution in [1.29, 1.82) is 0 Å². The van der Waals surface area contributed by atoms with Gasteiger partial charge in [0.25, 0.3) is 0 Å². The Morgan fingerprint density at radius 1 is 0.800 bits per heavy atom. The molecule has 0 saturated heterocycles. The molecule has 0 fully saturated rings. The van der Waals surface area contributed by atoms with E-state index in [9.17, 15) is 10.2 Å². The van der Waals surface area contributed by atoms with E-state index in [0.29, 0.717) is 0 Å². The first-order valence-corrected chi connectivity index (χ1v) is 12.2. The minimum Gasteiger partial charge on any atom is -0.508 e. The van der Waals surface area contributed by atoms with Crippen LogP contribution in [0.5, 0.6) is 0 Å². The molecule has 0 bridgehead atoms. The van der Waals surface area contributed by atoms with Crippen LogP contribution in [0.2, 0.25) is 0 Å². The third-order valence-electron chi connectivity index (χ3n) is 5.34. The maximum atomic E-state index is 10.0. The van der Waals surface area contributed by atoms with Crippen molar-refractivity contribution in [2.45, 2.75) is 109 Å². The predicted molar refractivity (Wildman–Crippen MR) is 132 cm³/mol. The Kier molecular flexibility index (Phi) is 26.9. The Bertz CT molecular complexity index is 407. The van der Waals surface area contributed by atoms with Crippen molar-refractivity contribution in [3.8, 4) is 0 Å². The van der Waals surface area contributed by atoms with Crippen LogP contribution in [-0.2, 0) is 0 Å². The van der Waals surface area contributed by atoms with Crippen LogP contribution in [0.15, 0.2) is 36.6 Å². The van der Waals surface area contributed by atoms with Gasteiger partial charge in [-0.25, -0.2) is 0 Å². The van der Waals surface area contributed by atoms with E-state index in [1.807, 2.05) is 0 Å². The molecule has 30 heavy (non-hydrogen) atoms. The van der Waals surface area contributed by atoms with Gasteiger partial charge in [0, 0.05) is 13.7 Å². The molecule has 0 spiro atoms. The SMILES string of the molecule is C=C/C(O)=C(\C=C)CCCCCCCCCC(O)CNCCCCCCCC.CO. The normalized spacial score (nSPS) is 12.5. The molecule has 1 atom stereocenters. The molecule has 4 nitrogen and oxygen atoms in total. The lowest BCUT2D eigenvalue weighted by atomic mass is 10.0. The molecule has 0 aromatic heterocycles. The standard InChI is InChI=1S/C25H47NO2.CH4O/c1-4-7-8-9-15-18-21-26-22-24(27)20-17-14-12-10-11-13-16-19-23(5-2)25(28)6-3;1-2/h5-6,24,26-28H,2-4,7-22H2,1H3;2H,1H3/b25-23-;. The van der Waals surface area contributed by atoms with Crippen LogP contribution in [0.3, 0.4) is 0 Å². The van der Waals surface area contributed by atoms with Gasteiger partial charge in [0.05, 0.1) is 6.10 Å². The molecular weight excluding hydrogens is 374 g/mol. The Morgan fingerprint density at radius 2 is 1.33 bits per heavy atom. The highest BCUT2D eigenvalue weighted by Gasteiger charge is 2.03. The van der Waals surface area contributed by atoms with Gasteiger partial charge in [0.1, 0.15) is 5.76 Å². The zero-order valence-electron chi connectivity index (χ0n) is 20.0. The second-order valence-electron chi connectivity index (χ2n) is 7.96. The molecule has 0 aliphatic carbocycles. The van der Waals surface area contributed by atoms with E-state index < -0.39 is 0 Å². The summed E-state index contributed by atoms with van der Waals surface area (Å²) >= 11 is 0. The minimum atomic E-state index is -0.193. The fourth-order valence-electron chi connectivity index (χ4n) is 3.45. The van der Waals surface area contributed by atoms with Gasteiger partial charge in [-0.05, 0) is 43.9 Å². The molecule has 178 valence electrons. The van der Waals surface area contributed by atoms with Crippen LogP contribution >= 0.6 is 0 Å². The summed E-state index contributed by atoms with van der Waals surface area (Å²) in [5.74, 6) is 0.259. The number of allylic oxidation sites excluding steroid dienone is 3. The van der Waals surface area contributed by atoms with Crippen molar-refractivity contribution in [1.82, 2.24) is 5.32 Å². The molecule has 0 aliphatic heterocycles. The third kappa shape index (κ3) is 21.6. The Balaban J connectivity index is 0. The van der Waals surface area contributed by atoms with Gasteiger partial charge in [-0.15, -0.1) is 0 Å². The van der Waals surface area contributed by atoms with E-state index in [1.54, 1.807) is 6.08 Å². The maximum absolute atomic E-state index is 10.0. The Morgan fingerprint density at radius 3 is 1.90 bits per heavy atom. The highest BCUT2D eigenvalue weighted by Crippen LogP contribution is 2.16. The second-order valence-corrected chi connectivity index (χ2v) is 7.96. The first kappa shape index (κ1) is 31.1. The molecule has 0 aliphatic rings. The fourth-order valence-corrected chi connectivity index (χ4v) is 3.45. The van der Waals surface area contributed by atoms with Crippen LogP contribution in [0.25, 0.3) is 0 Å². The molecule has 0 aromatic rings. The van der Waals surface area contributed by atoms with E-state index in [1.165, 1.54) is 76.7 Å².